The fourth-order valence-corrected chi connectivity index (χ4v) is 3.19. The Balaban J connectivity index is 1.49. The number of aromatic nitrogens is 1. The van der Waals surface area contributed by atoms with Gasteiger partial charge in [-0.25, -0.2) is 4.98 Å². The highest BCUT2D eigenvalue weighted by Crippen LogP contribution is 2.26. The van der Waals surface area contributed by atoms with E-state index >= 15 is 0 Å². The van der Waals surface area contributed by atoms with Gasteiger partial charge in [0.2, 0.25) is 11.8 Å². The Hall–Kier alpha value is -2.61. The monoisotopic (exact) mass is 361 g/mol. The van der Waals surface area contributed by atoms with Crippen LogP contribution in [0.4, 0.5) is 5.13 Å². The van der Waals surface area contributed by atoms with Gasteiger partial charge < -0.3 is 19.7 Å². The first-order chi connectivity index (χ1) is 12.2. The van der Waals surface area contributed by atoms with E-state index < -0.39 is 0 Å². The number of anilines is 1. The van der Waals surface area contributed by atoms with Crippen molar-refractivity contribution in [3.05, 3.63) is 35.8 Å². The average molecular weight is 361 g/mol. The molecule has 0 unspecified atom stereocenters. The second kappa shape index (κ2) is 7.98. The van der Waals surface area contributed by atoms with E-state index in [1.54, 1.807) is 23.6 Å². The molecule has 0 aliphatic carbocycles. The number of nitrogens with zero attached hydrogens (tertiary/aromatic N) is 2. The van der Waals surface area contributed by atoms with Crippen LogP contribution in [0.3, 0.4) is 0 Å². The first-order valence-electron chi connectivity index (χ1n) is 7.91. The Labute approximate surface area is 149 Å². The van der Waals surface area contributed by atoms with Gasteiger partial charge in [-0.05, 0) is 12.1 Å². The number of nitrogens with one attached hydrogen (secondary N) is 1. The number of ether oxygens (including phenoxy) is 2. The fourth-order valence-electron chi connectivity index (χ4n) is 2.66. The minimum Gasteiger partial charge on any atom is -0.493 e. The Morgan fingerprint density at radius 1 is 1.40 bits per heavy atom. The zero-order chi connectivity index (χ0) is 17.6. The molecule has 1 fully saturated rings. The van der Waals surface area contributed by atoms with Gasteiger partial charge in [0.25, 0.3) is 0 Å². The molecule has 1 aromatic carbocycles. The molecule has 0 bridgehead atoms. The predicted molar refractivity (Wildman–Crippen MR) is 93.9 cm³/mol. The van der Waals surface area contributed by atoms with Crippen molar-refractivity contribution in [1.29, 1.82) is 0 Å². The van der Waals surface area contributed by atoms with Crippen LogP contribution in [0, 0.1) is 5.92 Å². The Kier molecular flexibility index (Phi) is 5.49. The van der Waals surface area contributed by atoms with E-state index in [2.05, 4.69) is 10.3 Å². The molecule has 0 radical (unpaired) electrons. The van der Waals surface area contributed by atoms with Gasteiger partial charge in [0.1, 0.15) is 6.61 Å². The van der Waals surface area contributed by atoms with Crippen molar-refractivity contribution in [3.63, 3.8) is 0 Å². The summed E-state index contributed by atoms with van der Waals surface area (Å²) in [6, 6.07) is 7.35. The molecular formula is C17H19N3O4S. The zero-order valence-corrected chi connectivity index (χ0v) is 14.6. The largest absolute Gasteiger partial charge is 0.493 e. The highest BCUT2D eigenvalue weighted by Gasteiger charge is 2.34. The van der Waals surface area contributed by atoms with Crippen molar-refractivity contribution in [3.8, 4) is 11.5 Å². The fraction of sp³-hybridized carbons (Fsp3) is 0.353. The number of carbonyl (C=O) groups excluding carboxylic acids is 2. The van der Waals surface area contributed by atoms with Crippen molar-refractivity contribution in [1.82, 2.24) is 9.88 Å². The van der Waals surface area contributed by atoms with Gasteiger partial charge in [-0.2, -0.15) is 0 Å². The molecule has 2 aromatic rings. The Morgan fingerprint density at radius 3 is 2.92 bits per heavy atom. The van der Waals surface area contributed by atoms with Gasteiger partial charge in [-0.1, -0.05) is 12.1 Å². The number of benzene rings is 1. The quantitative estimate of drug-likeness (QED) is 0.816. The van der Waals surface area contributed by atoms with Crippen LogP contribution < -0.4 is 14.8 Å². The Bertz CT molecular complexity index is 735. The first kappa shape index (κ1) is 17.2. The van der Waals surface area contributed by atoms with E-state index in [1.807, 2.05) is 24.3 Å². The lowest BCUT2D eigenvalue weighted by atomic mass is 10.1. The van der Waals surface area contributed by atoms with Crippen LogP contribution in [0.25, 0.3) is 0 Å². The summed E-state index contributed by atoms with van der Waals surface area (Å²) in [4.78, 5) is 30.0. The third-order valence-electron chi connectivity index (χ3n) is 3.94. The number of rotatable bonds is 7. The average Bonchev–Trinajstić information content (AvgIpc) is 3.25. The third-order valence-corrected chi connectivity index (χ3v) is 4.62. The summed E-state index contributed by atoms with van der Waals surface area (Å²) < 4.78 is 10.9. The number of hydrogen-bond donors (Lipinski definition) is 1. The molecule has 0 spiro atoms. The molecule has 1 aliphatic heterocycles. The van der Waals surface area contributed by atoms with Crippen LogP contribution >= 0.6 is 11.3 Å². The van der Waals surface area contributed by atoms with Gasteiger partial charge in [0, 0.05) is 24.5 Å². The van der Waals surface area contributed by atoms with Crippen molar-refractivity contribution in [2.75, 3.05) is 32.1 Å². The highest BCUT2D eigenvalue weighted by molar-refractivity contribution is 7.13. The summed E-state index contributed by atoms with van der Waals surface area (Å²) in [6.07, 6.45) is 1.84. The molecule has 0 saturated carbocycles. The van der Waals surface area contributed by atoms with Crippen LogP contribution in [-0.2, 0) is 9.59 Å². The smallest absolute Gasteiger partial charge is 0.231 e. The molecular weight excluding hydrogens is 342 g/mol. The van der Waals surface area contributed by atoms with Crippen molar-refractivity contribution < 1.29 is 19.1 Å². The van der Waals surface area contributed by atoms with Crippen LogP contribution in [0.5, 0.6) is 11.5 Å². The van der Waals surface area contributed by atoms with Crippen molar-refractivity contribution >= 4 is 28.3 Å². The Morgan fingerprint density at radius 2 is 2.20 bits per heavy atom. The molecule has 1 atom stereocenters. The van der Waals surface area contributed by atoms with Gasteiger partial charge in [0.15, 0.2) is 16.6 Å². The molecule has 3 rings (SSSR count). The van der Waals surface area contributed by atoms with Crippen LogP contribution in [0.1, 0.15) is 6.42 Å². The summed E-state index contributed by atoms with van der Waals surface area (Å²) >= 11 is 1.35. The molecule has 2 heterocycles. The van der Waals surface area contributed by atoms with Gasteiger partial charge in [0.05, 0.1) is 19.6 Å². The van der Waals surface area contributed by atoms with Crippen LogP contribution in [-0.4, -0.2) is 48.5 Å². The lowest BCUT2D eigenvalue weighted by Gasteiger charge is -2.17. The van der Waals surface area contributed by atoms with E-state index in [1.165, 1.54) is 11.3 Å². The van der Waals surface area contributed by atoms with E-state index in [4.69, 9.17) is 9.47 Å². The van der Waals surface area contributed by atoms with Crippen LogP contribution in [0.15, 0.2) is 35.8 Å². The maximum atomic E-state index is 12.2. The molecule has 1 N–H and O–H groups in total. The number of para-hydroxylation sites is 2. The standard InChI is InChI=1S/C17H19N3O4S/c1-23-13-4-2-3-5-14(13)24-8-7-20-11-12(10-15(20)21)16(22)19-17-18-6-9-25-17/h2-6,9,12H,7-8,10-11H2,1H3,(H,18,19,22)/t12-/m0/s1. The molecule has 25 heavy (non-hydrogen) atoms. The maximum Gasteiger partial charge on any atom is 0.231 e. The van der Waals surface area contributed by atoms with E-state index in [9.17, 15) is 9.59 Å². The van der Waals surface area contributed by atoms with Gasteiger partial charge in [-0.3, -0.25) is 9.59 Å². The van der Waals surface area contributed by atoms with E-state index in [0.29, 0.717) is 36.3 Å². The molecule has 7 nitrogen and oxygen atoms in total. The van der Waals surface area contributed by atoms with Crippen LogP contribution in [0.2, 0.25) is 0 Å². The molecule has 132 valence electrons. The lowest BCUT2D eigenvalue weighted by molar-refractivity contribution is -0.128. The maximum absolute atomic E-state index is 12.2. The number of likely N-dealkylation sites (tertiary alicyclic amines) is 1. The molecule has 1 aromatic heterocycles. The van der Waals surface area contributed by atoms with Gasteiger partial charge in [-0.15, -0.1) is 11.3 Å². The second-order valence-corrected chi connectivity index (χ2v) is 6.46. The topological polar surface area (TPSA) is 80.8 Å². The molecule has 1 aliphatic rings. The highest BCUT2D eigenvalue weighted by atomic mass is 32.1. The van der Waals surface area contributed by atoms with Crippen molar-refractivity contribution in [2.24, 2.45) is 5.92 Å². The predicted octanol–water partition coefficient (Wildman–Crippen LogP) is 2.02. The zero-order valence-electron chi connectivity index (χ0n) is 13.8. The van der Waals surface area contributed by atoms with Crippen molar-refractivity contribution in [2.45, 2.75) is 6.42 Å². The SMILES string of the molecule is COc1ccccc1OCCN1C[C@@H](C(=O)Nc2nccs2)CC1=O. The molecule has 1 saturated heterocycles. The van der Waals surface area contributed by atoms with E-state index in [0.717, 1.165) is 0 Å². The molecule has 2 amide bonds. The summed E-state index contributed by atoms with van der Waals surface area (Å²) in [5, 5.41) is 5.08. The summed E-state index contributed by atoms with van der Waals surface area (Å²) in [6.45, 7) is 1.16. The normalized spacial score (nSPS) is 16.8. The molecule has 8 heteroatoms. The number of methoxy groups -OCH3 is 1. The van der Waals surface area contributed by atoms with E-state index in [-0.39, 0.29) is 24.2 Å². The minimum atomic E-state index is -0.359. The number of amides is 2. The lowest BCUT2D eigenvalue weighted by Crippen LogP contribution is -2.31. The summed E-state index contributed by atoms with van der Waals surface area (Å²) in [5.74, 6) is 0.715. The number of carbonyl (C=O) groups is 2. The third kappa shape index (κ3) is 4.27. The second-order valence-electron chi connectivity index (χ2n) is 5.57. The summed E-state index contributed by atoms with van der Waals surface area (Å²) in [7, 11) is 1.58. The van der Waals surface area contributed by atoms with Gasteiger partial charge >= 0.3 is 0 Å². The number of thiazole rings is 1. The minimum absolute atomic E-state index is 0.0390. The number of hydrogen-bond acceptors (Lipinski definition) is 6. The summed E-state index contributed by atoms with van der Waals surface area (Å²) in [5.41, 5.74) is 0. The first-order valence-corrected chi connectivity index (χ1v) is 8.79.